The molecule has 0 spiro atoms. The number of hydrogen-bond donors (Lipinski definition) is 0. The monoisotopic (exact) mass is 260 g/mol. The topological polar surface area (TPSA) is 0 Å². The Morgan fingerprint density at radius 1 is 1.18 bits per heavy atom. The van der Waals surface area contributed by atoms with E-state index in [4.69, 9.17) is 31.0 Å². The molecule has 0 N–H and O–H groups in total. The van der Waals surface area contributed by atoms with Gasteiger partial charge in [-0.25, -0.2) is 0 Å². The van der Waals surface area contributed by atoms with E-state index < -0.39 is 15.1 Å². The molecule has 58 valence electrons. The first-order chi connectivity index (χ1) is 5.22. The molecular formula is C7H7Cl3Zn. The summed E-state index contributed by atoms with van der Waals surface area (Å²) in [4.78, 5) is 0. The quantitative estimate of drug-likeness (QED) is 0.620. The molecule has 0 fully saturated rings. The Morgan fingerprint density at radius 3 is 1.91 bits per heavy atom. The fourth-order valence-corrected chi connectivity index (χ4v) is 0.687. The van der Waals surface area contributed by atoms with Gasteiger partial charge in [0.05, 0.1) is 0 Å². The van der Waals surface area contributed by atoms with Gasteiger partial charge in [-0.3, -0.25) is 0 Å². The molecule has 0 aliphatic rings. The zero-order valence-electron chi connectivity index (χ0n) is 6.15. The number of aryl methyl sites for hydroxylation is 1. The molecule has 0 nitrogen and oxygen atoms in total. The van der Waals surface area contributed by atoms with E-state index in [0.717, 1.165) is 10.6 Å². The Bertz CT molecular complexity index is 182. The zero-order chi connectivity index (χ0) is 8.69. The fourth-order valence-electron chi connectivity index (χ4n) is 0.551. The van der Waals surface area contributed by atoms with Crippen molar-refractivity contribution in [2.45, 2.75) is 6.92 Å². The van der Waals surface area contributed by atoms with Crippen molar-refractivity contribution in [2.24, 2.45) is 0 Å². The third kappa shape index (κ3) is 5.93. The van der Waals surface area contributed by atoms with Gasteiger partial charge in [-0.15, -0.1) is 0 Å². The number of halogens is 3. The van der Waals surface area contributed by atoms with Crippen molar-refractivity contribution >= 4 is 31.0 Å². The van der Waals surface area contributed by atoms with E-state index >= 15 is 0 Å². The molecule has 0 saturated heterocycles. The van der Waals surface area contributed by atoms with Gasteiger partial charge >= 0.3 is 34.5 Å². The number of hydrogen-bond acceptors (Lipinski definition) is 0. The van der Waals surface area contributed by atoms with E-state index in [1.54, 1.807) is 0 Å². The van der Waals surface area contributed by atoms with Crippen LogP contribution in [-0.4, -0.2) is 0 Å². The molecule has 1 rings (SSSR count). The average Bonchev–Trinajstić information content (AvgIpc) is 1.97. The van der Waals surface area contributed by atoms with Gasteiger partial charge in [0, 0.05) is 5.02 Å². The predicted molar refractivity (Wildman–Crippen MR) is 47.9 cm³/mol. The summed E-state index contributed by atoms with van der Waals surface area (Å²) in [7, 11) is 9.90. The van der Waals surface area contributed by atoms with Crippen molar-refractivity contribution in [3.05, 3.63) is 34.9 Å². The van der Waals surface area contributed by atoms with Crippen LogP contribution in [0.2, 0.25) is 5.02 Å². The van der Waals surface area contributed by atoms with Crippen molar-refractivity contribution in [3.8, 4) is 0 Å². The normalized spacial score (nSPS) is 7.64. The molecule has 0 amide bonds. The Labute approximate surface area is 87.5 Å². The Balaban J connectivity index is 0.000000292. The van der Waals surface area contributed by atoms with E-state index in [2.05, 4.69) is 0 Å². The van der Waals surface area contributed by atoms with Gasteiger partial charge in [0.1, 0.15) is 0 Å². The van der Waals surface area contributed by atoms with Crippen LogP contribution in [0.4, 0.5) is 0 Å². The third-order valence-electron chi connectivity index (χ3n) is 1.08. The van der Waals surface area contributed by atoms with Crippen LogP contribution in [0.1, 0.15) is 5.56 Å². The molecule has 0 aromatic heterocycles. The molecule has 1 aromatic rings. The van der Waals surface area contributed by atoms with Crippen molar-refractivity contribution < 1.29 is 15.1 Å². The molecule has 1 aromatic carbocycles. The van der Waals surface area contributed by atoms with Crippen molar-refractivity contribution in [1.29, 1.82) is 0 Å². The SMILES string of the molecule is Cc1ccccc1Cl.[Cl][Zn][Cl]. The summed E-state index contributed by atoms with van der Waals surface area (Å²) in [6, 6.07) is 7.77. The van der Waals surface area contributed by atoms with Crippen LogP contribution in [0.15, 0.2) is 24.3 Å². The van der Waals surface area contributed by atoms with Gasteiger partial charge in [-0.05, 0) is 18.6 Å². The molecule has 0 unspecified atom stereocenters. The second kappa shape index (κ2) is 7.37. The second-order valence-electron chi connectivity index (χ2n) is 1.85. The first-order valence-electron chi connectivity index (χ1n) is 3.05. The second-order valence-corrected chi connectivity index (χ2v) is 6.88. The third-order valence-corrected chi connectivity index (χ3v) is 1.50. The van der Waals surface area contributed by atoms with Gasteiger partial charge < -0.3 is 0 Å². The van der Waals surface area contributed by atoms with Crippen molar-refractivity contribution in [3.63, 3.8) is 0 Å². The van der Waals surface area contributed by atoms with Crippen LogP contribution < -0.4 is 0 Å². The van der Waals surface area contributed by atoms with Crippen molar-refractivity contribution in [1.82, 2.24) is 0 Å². The van der Waals surface area contributed by atoms with E-state index in [9.17, 15) is 0 Å². The summed E-state index contributed by atoms with van der Waals surface area (Å²) in [5.74, 6) is 0. The summed E-state index contributed by atoms with van der Waals surface area (Å²) in [5, 5.41) is 0.840. The van der Waals surface area contributed by atoms with Gasteiger partial charge in [-0.1, -0.05) is 29.8 Å². The summed E-state index contributed by atoms with van der Waals surface area (Å²) in [6.07, 6.45) is 0. The molecule has 0 saturated carbocycles. The van der Waals surface area contributed by atoms with Gasteiger partial charge in [-0.2, -0.15) is 0 Å². The molecule has 0 atom stereocenters. The number of benzene rings is 1. The molecule has 11 heavy (non-hydrogen) atoms. The predicted octanol–water partition coefficient (Wildman–Crippen LogP) is 4.02. The fraction of sp³-hybridized carbons (Fsp3) is 0.143. The summed E-state index contributed by atoms with van der Waals surface area (Å²) >= 11 is 4.78. The number of rotatable bonds is 0. The molecule has 0 radical (unpaired) electrons. The minimum atomic E-state index is -0.931. The van der Waals surface area contributed by atoms with E-state index in [0.29, 0.717) is 0 Å². The van der Waals surface area contributed by atoms with Crippen LogP contribution >= 0.6 is 31.0 Å². The minimum absolute atomic E-state index is 0.840. The molecule has 0 bridgehead atoms. The first-order valence-corrected chi connectivity index (χ1v) is 11.2. The maximum atomic E-state index is 5.71. The van der Waals surface area contributed by atoms with E-state index in [1.165, 1.54) is 0 Å². The summed E-state index contributed by atoms with van der Waals surface area (Å²) < 4.78 is 0. The van der Waals surface area contributed by atoms with Crippen LogP contribution in [0.3, 0.4) is 0 Å². The first kappa shape index (κ1) is 11.7. The standard InChI is InChI=1S/C7H7Cl.2ClH.Zn/c1-6-4-2-3-5-7(6)8;;;/h2-5H,1H3;2*1H;/q;;;+2/p-2. The maximum absolute atomic E-state index is 5.71. The van der Waals surface area contributed by atoms with Gasteiger partial charge in [0.25, 0.3) is 0 Å². The molecule has 0 aliphatic heterocycles. The van der Waals surface area contributed by atoms with Crippen LogP contribution in [0.5, 0.6) is 0 Å². The van der Waals surface area contributed by atoms with Crippen LogP contribution in [-0.2, 0) is 15.1 Å². The van der Waals surface area contributed by atoms with Gasteiger partial charge in [0.15, 0.2) is 0 Å². The summed E-state index contributed by atoms with van der Waals surface area (Å²) in [5.41, 5.74) is 1.13. The average molecular weight is 263 g/mol. The zero-order valence-corrected chi connectivity index (χ0v) is 11.4. The van der Waals surface area contributed by atoms with Crippen LogP contribution in [0, 0.1) is 6.92 Å². The molecule has 0 aliphatic carbocycles. The van der Waals surface area contributed by atoms with E-state index in [-0.39, 0.29) is 0 Å². The Morgan fingerprint density at radius 2 is 1.64 bits per heavy atom. The Kier molecular flexibility index (Phi) is 7.84. The van der Waals surface area contributed by atoms with Crippen molar-refractivity contribution in [2.75, 3.05) is 0 Å². The van der Waals surface area contributed by atoms with E-state index in [1.807, 2.05) is 31.2 Å². The van der Waals surface area contributed by atoms with Crippen LogP contribution in [0.25, 0.3) is 0 Å². The molecule has 4 heteroatoms. The Hall–Kier alpha value is 0.713. The molecule has 0 heterocycles. The summed E-state index contributed by atoms with van der Waals surface area (Å²) in [6.45, 7) is 1.99. The van der Waals surface area contributed by atoms with Gasteiger partial charge in [0.2, 0.25) is 0 Å². The molecular weight excluding hydrogens is 256 g/mol.